The molecule has 0 aromatic heterocycles. The molecule has 0 aliphatic heterocycles. The van der Waals surface area contributed by atoms with Crippen molar-refractivity contribution in [3.8, 4) is 0 Å². The van der Waals surface area contributed by atoms with Crippen LogP contribution in [0.3, 0.4) is 0 Å². The lowest BCUT2D eigenvalue weighted by Crippen LogP contribution is -2.30. The number of ether oxygens (including phenoxy) is 4. The quantitative estimate of drug-likeness (QED) is 0.0169. The van der Waals surface area contributed by atoms with Crippen molar-refractivity contribution in [2.75, 3.05) is 39.6 Å². The molecule has 0 rings (SSSR count). The van der Waals surface area contributed by atoms with Crippen LogP contribution >= 0.6 is 15.6 Å². The molecule has 0 aliphatic rings. The number of phosphoric ester groups is 2. The summed E-state index contributed by atoms with van der Waals surface area (Å²) in [4.78, 5) is 73.2. The van der Waals surface area contributed by atoms with Crippen LogP contribution in [0.5, 0.6) is 0 Å². The van der Waals surface area contributed by atoms with Gasteiger partial charge in [0.2, 0.25) is 0 Å². The minimum absolute atomic E-state index is 0.0626. The van der Waals surface area contributed by atoms with Gasteiger partial charge in [0.05, 0.1) is 26.4 Å². The Kier molecular flexibility index (Phi) is 76.9. The molecule has 0 fully saturated rings. The molecule has 0 radical (unpaired) electrons. The number of phosphoric acid groups is 2. The van der Waals surface area contributed by atoms with Crippen molar-refractivity contribution in [2.45, 2.75) is 329 Å². The monoisotopic (exact) mass is 1580 g/mol. The molecule has 5 unspecified atom stereocenters. The van der Waals surface area contributed by atoms with Gasteiger partial charge in [0.1, 0.15) is 19.3 Å². The van der Waals surface area contributed by atoms with Gasteiger partial charge >= 0.3 is 39.5 Å². The summed E-state index contributed by atoms with van der Waals surface area (Å²) in [5, 5.41) is 10.7. The lowest BCUT2D eigenvalue weighted by atomic mass is 10.1. The lowest BCUT2D eigenvalue weighted by molar-refractivity contribution is -0.161. The first-order valence-corrected chi connectivity index (χ1v) is 45.0. The third-order valence-electron chi connectivity index (χ3n) is 16.8. The average Bonchev–Trinajstić information content (AvgIpc) is 0.900. The smallest absolute Gasteiger partial charge is 0.462 e. The zero-order valence-corrected chi connectivity index (χ0v) is 70.1. The molecule has 19 heteroatoms. The highest BCUT2D eigenvalue weighted by Gasteiger charge is 2.30. The van der Waals surface area contributed by atoms with E-state index in [1.54, 1.807) is 0 Å². The van der Waals surface area contributed by atoms with Crippen molar-refractivity contribution in [3.63, 3.8) is 0 Å². The van der Waals surface area contributed by atoms with Gasteiger partial charge in [-0.3, -0.25) is 37.3 Å². The largest absolute Gasteiger partial charge is 0.472 e. The van der Waals surface area contributed by atoms with Gasteiger partial charge in [0.15, 0.2) is 12.2 Å². The van der Waals surface area contributed by atoms with Crippen LogP contribution < -0.4 is 0 Å². The highest BCUT2D eigenvalue weighted by atomic mass is 31.2. The molecule has 17 nitrogen and oxygen atoms in total. The molecule has 3 N–H and O–H groups in total. The van der Waals surface area contributed by atoms with Crippen LogP contribution in [0.2, 0.25) is 0 Å². The molecule has 0 bridgehead atoms. The summed E-state index contributed by atoms with van der Waals surface area (Å²) in [6.45, 7) is 4.41. The summed E-state index contributed by atoms with van der Waals surface area (Å²) in [6.07, 6.45) is 98.6. The third-order valence-corrected chi connectivity index (χ3v) is 18.7. The van der Waals surface area contributed by atoms with E-state index in [4.69, 9.17) is 37.0 Å². The molecule has 5 atom stereocenters. The Balaban J connectivity index is 5.50. The second-order valence-electron chi connectivity index (χ2n) is 27.3. The van der Waals surface area contributed by atoms with Crippen molar-refractivity contribution in [1.82, 2.24) is 0 Å². The summed E-state index contributed by atoms with van der Waals surface area (Å²) in [5.74, 6) is -2.31. The number of carbonyl (C=O) groups excluding carboxylic acids is 4. The Labute approximate surface area is 666 Å². The maximum Gasteiger partial charge on any atom is 0.472 e. The van der Waals surface area contributed by atoms with E-state index in [0.717, 1.165) is 186 Å². The Morgan fingerprint density at radius 2 is 0.482 bits per heavy atom. The molecular formula is C91H148O17P2. The molecule has 0 spiro atoms. The number of esters is 4. The third kappa shape index (κ3) is 80.2. The van der Waals surface area contributed by atoms with Gasteiger partial charge in [0.25, 0.3) is 0 Å². The number of aliphatic hydroxyl groups excluding tert-OH is 1. The van der Waals surface area contributed by atoms with E-state index < -0.39 is 97.5 Å². The minimum atomic E-state index is -5.01. The van der Waals surface area contributed by atoms with Gasteiger partial charge < -0.3 is 33.8 Å². The van der Waals surface area contributed by atoms with Gasteiger partial charge in [-0.15, -0.1) is 0 Å². The van der Waals surface area contributed by atoms with Crippen LogP contribution in [0.4, 0.5) is 0 Å². The Bertz CT molecular complexity index is 2800. The van der Waals surface area contributed by atoms with Crippen molar-refractivity contribution in [3.05, 3.63) is 182 Å². The summed E-state index contributed by atoms with van der Waals surface area (Å²) in [7, 11) is -10.0. The highest BCUT2D eigenvalue weighted by Crippen LogP contribution is 2.45. The molecule has 0 aliphatic carbocycles. The van der Waals surface area contributed by atoms with E-state index in [9.17, 15) is 43.2 Å². The summed E-state index contributed by atoms with van der Waals surface area (Å²) in [6, 6.07) is 0. The van der Waals surface area contributed by atoms with Crippen LogP contribution in [0.25, 0.3) is 0 Å². The fourth-order valence-corrected chi connectivity index (χ4v) is 12.1. The molecule has 0 saturated heterocycles. The number of allylic oxidation sites excluding steroid dienone is 30. The molecule has 0 heterocycles. The van der Waals surface area contributed by atoms with Crippen LogP contribution in [0.15, 0.2) is 182 Å². The molecule has 0 aromatic rings. The van der Waals surface area contributed by atoms with Crippen molar-refractivity contribution in [1.29, 1.82) is 0 Å². The van der Waals surface area contributed by atoms with Gasteiger partial charge in [-0.1, -0.05) is 293 Å². The molecule has 0 amide bonds. The number of unbranched alkanes of at least 4 members (excludes halogenated alkanes) is 21. The Hall–Kier alpha value is -5.84. The van der Waals surface area contributed by atoms with E-state index >= 15 is 0 Å². The first-order chi connectivity index (χ1) is 53.7. The molecule has 624 valence electrons. The summed E-state index contributed by atoms with van der Waals surface area (Å²) < 4.78 is 68.7. The SMILES string of the molecule is CC/C=C\C/C=C\C/C=C\C/C=C\C/C=C\CCCCCC(=O)OCC(COP(=O)(O)OCC(O)COP(=O)(O)OCC(COC(=O)CCC/C=C\C/C=C\C/C=C\C/C=C\C/C=C\CC)OC(=O)CCCCCCC/C=C\CCCCCCCC)OC(=O)CCCCCCCC/C=C\C/C=C\C/C=C\C/C=C\CC. The second-order valence-corrected chi connectivity index (χ2v) is 30.2. The summed E-state index contributed by atoms with van der Waals surface area (Å²) in [5.41, 5.74) is 0. The predicted molar refractivity (Wildman–Crippen MR) is 454 cm³/mol. The lowest BCUT2D eigenvalue weighted by Gasteiger charge is -2.21. The number of rotatable bonds is 77. The topological polar surface area (TPSA) is 237 Å². The molecule has 110 heavy (non-hydrogen) atoms. The first-order valence-electron chi connectivity index (χ1n) is 42.0. The molecular weight excluding hydrogens is 1430 g/mol. The van der Waals surface area contributed by atoms with E-state index in [-0.39, 0.29) is 25.7 Å². The van der Waals surface area contributed by atoms with Crippen molar-refractivity contribution >= 4 is 39.5 Å². The highest BCUT2D eigenvalue weighted by molar-refractivity contribution is 7.47. The van der Waals surface area contributed by atoms with Gasteiger partial charge in [-0.05, 0) is 173 Å². The van der Waals surface area contributed by atoms with Crippen LogP contribution in [0, 0.1) is 0 Å². The predicted octanol–water partition coefficient (Wildman–Crippen LogP) is 25.1. The fraction of sp³-hybridized carbons (Fsp3) is 0.626. The van der Waals surface area contributed by atoms with Crippen molar-refractivity contribution < 1.29 is 80.2 Å². The van der Waals surface area contributed by atoms with E-state index in [0.29, 0.717) is 32.1 Å². The van der Waals surface area contributed by atoms with Gasteiger partial charge in [0, 0.05) is 25.7 Å². The normalized spacial score (nSPS) is 14.7. The number of aliphatic hydroxyl groups is 1. The fourth-order valence-electron chi connectivity index (χ4n) is 10.6. The van der Waals surface area contributed by atoms with Gasteiger partial charge in [-0.25, -0.2) is 9.13 Å². The van der Waals surface area contributed by atoms with E-state index in [1.165, 1.54) is 38.5 Å². The zero-order chi connectivity index (χ0) is 80.3. The minimum Gasteiger partial charge on any atom is -0.462 e. The summed E-state index contributed by atoms with van der Waals surface area (Å²) >= 11 is 0. The Morgan fingerprint density at radius 1 is 0.264 bits per heavy atom. The second kappa shape index (κ2) is 81.2. The number of hydrogen-bond acceptors (Lipinski definition) is 15. The standard InChI is InChI=1S/C91H148O17P2/c1-5-9-13-17-21-25-29-33-37-40-42-45-49-52-56-60-64-68-72-76-89(94)102-82-87(108-91(96)78-74-70-66-62-58-54-50-46-43-41-38-34-30-26-22-18-14-10-6-2)84-106-110(99,100)104-80-85(92)79-103-109(97,98)105-83-86(107-90(95)77-73-69-65-61-57-53-47-36-32-28-24-20-16-12-8-4)81-101-88(93)75-71-67-63-59-55-51-48-44-39-35-31-27-23-19-15-11-7-3/h9-11,13-15,21-23,25-27,33-39,42-43,45-48,51-52,56,59,63,85-87,92H,5-8,12,16-20,24,28-32,40-41,44,49-50,53-55,57-58,60-62,64-84H2,1-4H3,(H,97,98)(H,99,100)/b13-9-,14-10-,15-11-,25-21-,26-22-,27-23-,37-33-,38-34-,39-35-,45-42-,46-43-,47-36-,51-48-,56-52-,63-59-. The first kappa shape index (κ1) is 104. The van der Waals surface area contributed by atoms with Crippen LogP contribution in [-0.2, 0) is 65.4 Å². The van der Waals surface area contributed by atoms with Crippen molar-refractivity contribution in [2.24, 2.45) is 0 Å². The molecule has 0 aromatic carbocycles. The van der Waals surface area contributed by atoms with E-state index in [1.807, 2.05) is 12.2 Å². The molecule has 0 saturated carbocycles. The maximum absolute atomic E-state index is 13.1. The number of carbonyl (C=O) groups is 4. The van der Waals surface area contributed by atoms with Gasteiger partial charge in [-0.2, -0.15) is 0 Å². The average molecular weight is 1580 g/mol. The zero-order valence-electron chi connectivity index (χ0n) is 68.4. The van der Waals surface area contributed by atoms with Crippen LogP contribution in [-0.4, -0.2) is 96.7 Å². The number of hydrogen-bond donors (Lipinski definition) is 3. The maximum atomic E-state index is 13.1. The Morgan fingerprint density at radius 3 is 0.782 bits per heavy atom. The van der Waals surface area contributed by atoms with Crippen LogP contribution in [0.1, 0.15) is 310 Å². The van der Waals surface area contributed by atoms with E-state index in [2.05, 4.69) is 198 Å².